The van der Waals surface area contributed by atoms with Gasteiger partial charge >= 0.3 is 0 Å². The summed E-state index contributed by atoms with van der Waals surface area (Å²) in [7, 11) is -2.20. The highest BCUT2D eigenvalue weighted by molar-refractivity contribution is 7.92. The van der Waals surface area contributed by atoms with Gasteiger partial charge in [0.1, 0.15) is 11.6 Å². The molecular weight excluding hydrogens is 368 g/mol. The lowest BCUT2D eigenvalue weighted by molar-refractivity contribution is -0.129. The molecule has 8 nitrogen and oxygen atoms in total. The number of nitrogens with one attached hydrogen (secondary N) is 1. The maximum Gasteiger partial charge on any atom is 0.263 e. The van der Waals surface area contributed by atoms with E-state index in [0.29, 0.717) is 18.8 Å². The molecule has 0 bridgehead atoms. The van der Waals surface area contributed by atoms with Crippen molar-refractivity contribution in [3.63, 3.8) is 0 Å². The van der Waals surface area contributed by atoms with Gasteiger partial charge in [0.05, 0.1) is 23.9 Å². The smallest absolute Gasteiger partial charge is 0.263 e. The molecule has 0 radical (unpaired) electrons. The van der Waals surface area contributed by atoms with Crippen LogP contribution >= 0.6 is 0 Å². The van der Waals surface area contributed by atoms with Gasteiger partial charge in [-0.3, -0.25) is 9.52 Å². The first-order chi connectivity index (χ1) is 12.9. The summed E-state index contributed by atoms with van der Waals surface area (Å²) < 4.78 is 32.4. The molecule has 1 aliphatic heterocycles. The number of nitrogens with zero attached hydrogens (tertiary/aromatic N) is 3. The molecule has 0 aliphatic carbocycles. The molecule has 2 aromatic rings. The van der Waals surface area contributed by atoms with E-state index in [-0.39, 0.29) is 16.6 Å². The van der Waals surface area contributed by atoms with Gasteiger partial charge in [-0.1, -0.05) is 0 Å². The van der Waals surface area contributed by atoms with E-state index < -0.39 is 10.0 Å². The van der Waals surface area contributed by atoms with E-state index in [1.807, 2.05) is 6.07 Å². The normalized spacial score (nSPS) is 14.7. The maximum atomic E-state index is 12.4. The number of ether oxygens (including phenoxy) is 1. The van der Waals surface area contributed by atoms with Crippen LogP contribution < -0.4 is 14.4 Å². The fourth-order valence-corrected chi connectivity index (χ4v) is 3.87. The second-order valence-corrected chi connectivity index (χ2v) is 7.86. The van der Waals surface area contributed by atoms with Crippen LogP contribution in [0.3, 0.4) is 0 Å². The Labute approximate surface area is 158 Å². The van der Waals surface area contributed by atoms with Crippen LogP contribution in [0.25, 0.3) is 0 Å². The topological polar surface area (TPSA) is 91.8 Å². The Balaban J connectivity index is 1.66. The van der Waals surface area contributed by atoms with Crippen LogP contribution in [0.5, 0.6) is 5.75 Å². The quantitative estimate of drug-likeness (QED) is 0.833. The average molecular weight is 390 g/mol. The van der Waals surface area contributed by atoms with E-state index in [4.69, 9.17) is 4.74 Å². The summed E-state index contributed by atoms with van der Waals surface area (Å²) in [6, 6.07) is 9.59. The zero-order valence-electron chi connectivity index (χ0n) is 15.3. The van der Waals surface area contributed by atoms with E-state index in [0.717, 1.165) is 18.8 Å². The number of amides is 1. The van der Waals surface area contributed by atoms with Crippen molar-refractivity contribution in [2.75, 3.05) is 42.9 Å². The Hall–Kier alpha value is -2.81. The van der Waals surface area contributed by atoms with Gasteiger partial charge < -0.3 is 14.5 Å². The van der Waals surface area contributed by atoms with Crippen LogP contribution in [-0.2, 0) is 14.8 Å². The summed E-state index contributed by atoms with van der Waals surface area (Å²) >= 11 is 0. The van der Waals surface area contributed by atoms with Gasteiger partial charge in [-0.15, -0.1) is 0 Å². The molecule has 1 N–H and O–H groups in total. The summed E-state index contributed by atoms with van der Waals surface area (Å²) in [5.41, 5.74) is 0.894. The highest BCUT2D eigenvalue weighted by atomic mass is 32.2. The molecule has 0 unspecified atom stereocenters. The summed E-state index contributed by atoms with van der Waals surface area (Å²) in [4.78, 5) is 19.7. The molecule has 0 saturated carbocycles. The molecule has 3 rings (SSSR count). The van der Waals surface area contributed by atoms with Gasteiger partial charge in [-0.2, -0.15) is 0 Å². The van der Waals surface area contributed by atoms with Gasteiger partial charge in [0.15, 0.2) is 0 Å². The molecule has 1 amide bonds. The SMILES string of the molecule is COc1ccc(S(=O)(=O)Nc2ccc(N3CCN(C(C)=O)CC3)cn2)cc1. The third kappa shape index (κ3) is 4.48. The van der Waals surface area contributed by atoms with Crippen LogP contribution in [0.1, 0.15) is 6.92 Å². The number of sulfonamides is 1. The first-order valence-electron chi connectivity index (χ1n) is 8.52. The Kier molecular flexibility index (Phi) is 5.50. The standard InChI is InChI=1S/C18H22N4O4S/c1-14(23)21-9-11-22(12-10-21)15-3-8-18(19-13-15)20-27(24,25)17-6-4-16(26-2)5-7-17/h3-8,13H,9-12H2,1-2H3,(H,19,20). The van der Waals surface area contributed by atoms with Gasteiger partial charge in [-0.05, 0) is 36.4 Å². The molecule has 2 heterocycles. The van der Waals surface area contributed by atoms with Crippen molar-refractivity contribution in [3.05, 3.63) is 42.6 Å². The molecule has 1 aromatic heterocycles. The van der Waals surface area contributed by atoms with Crippen LogP contribution in [0.2, 0.25) is 0 Å². The monoisotopic (exact) mass is 390 g/mol. The van der Waals surface area contributed by atoms with Crippen LogP contribution in [0.4, 0.5) is 11.5 Å². The predicted octanol–water partition coefficient (Wildman–Crippen LogP) is 1.56. The lowest BCUT2D eigenvalue weighted by Crippen LogP contribution is -2.48. The number of pyridine rings is 1. The second-order valence-electron chi connectivity index (χ2n) is 6.18. The Bertz CT molecular complexity index is 890. The largest absolute Gasteiger partial charge is 0.497 e. The molecule has 1 aliphatic rings. The number of benzene rings is 1. The number of carbonyl (C=O) groups is 1. The molecule has 1 fully saturated rings. The van der Waals surface area contributed by atoms with Crippen molar-refractivity contribution in [2.24, 2.45) is 0 Å². The number of methoxy groups -OCH3 is 1. The van der Waals surface area contributed by atoms with Crippen molar-refractivity contribution in [3.8, 4) is 5.75 Å². The maximum absolute atomic E-state index is 12.4. The fraction of sp³-hybridized carbons (Fsp3) is 0.333. The number of carbonyl (C=O) groups excluding carboxylic acids is 1. The minimum absolute atomic E-state index is 0.0797. The van der Waals surface area contributed by atoms with Crippen molar-refractivity contribution < 1.29 is 17.9 Å². The molecule has 0 atom stereocenters. The summed E-state index contributed by atoms with van der Waals surface area (Å²) in [6.07, 6.45) is 1.63. The lowest BCUT2D eigenvalue weighted by Gasteiger charge is -2.35. The lowest BCUT2D eigenvalue weighted by atomic mass is 10.2. The van der Waals surface area contributed by atoms with Crippen molar-refractivity contribution in [2.45, 2.75) is 11.8 Å². The molecule has 1 aromatic carbocycles. The number of aromatic nitrogens is 1. The van der Waals surface area contributed by atoms with Crippen LogP contribution in [-0.4, -0.2) is 57.5 Å². The first-order valence-corrected chi connectivity index (χ1v) is 10.0. The van der Waals surface area contributed by atoms with E-state index in [1.54, 1.807) is 36.2 Å². The summed E-state index contributed by atoms with van der Waals surface area (Å²) in [6.45, 7) is 4.35. The second kappa shape index (κ2) is 7.83. The molecule has 9 heteroatoms. The van der Waals surface area contributed by atoms with Crippen LogP contribution in [0, 0.1) is 0 Å². The van der Waals surface area contributed by atoms with Crippen molar-refractivity contribution in [1.29, 1.82) is 0 Å². The van der Waals surface area contributed by atoms with E-state index >= 15 is 0 Å². The third-order valence-corrected chi connectivity index (χ3v) is 5.82. The zero-order chi connectivity index (χ0) is 19.4. The highest BCUT2D eigenvalue weighted by Gasteiger charge is 2.19. The first kappa shape index (κ1) is 19.0. The number of anilines is 2. The number of rotatable bonds is 5. The van der Waals surface area contributed by atoms with Gasteiger partial charge in [0, 0.05) is 33.1 Å². The van der Waals surface area contributed by atoms with Gasteiger partial charge in [0.25, 0.3) is 10.0 Å². The number of hydrogen-bond donors (Lipinski definition) is 1. The average Bonchev–Trinajstić information content (AvgIpc) is 2.68. The van der Waals surface area contributed by atoms with Crippen LogP contribution in [0.15, 0.2) is 47.5 Å². The zero-order valence-corrected chi connectivity index (χ0v) is 16.1. The predicted molar refractivity (Wildman–Crippen MR) is 103 cm³/mol. The molecule has 0 spiro atoms. The highest BCUT2D eigenvalue weighted by Crippen LogP contribution is 2.21. The third-order valence-electron chi connectivity index (χ3n) is 4.45. The number of piperazine rings is 1. The minimum Gasteiger partial charge on any atom is -0.497 e. The summed E-state index contributed by atoms with van der Waals surface area (Å²) in [5.74, 6) is 0.911. The molecule has 27 heavy (non-hydrogen) atoms. The Morgan fingerprint density at radius 3 is 2.26 bits per heavy atom. The Morgan fingerprint density at radius 2 is 1.74 bits per heavy atom. The van der Waals surface area contributed by atoms with Gasteiger partial charge in [-0.25, -0.2) is 13.4 Å². The molecule has 144 valence electrons. The molecule has 1 saturated heterocycles. The Morgan fingerprint density at radius 1 is 1.07 bits per heavy atom. The van der Waals surface area contributed by atoms with Crippen molar-refractivity contribution >= 4 is 27.4 Å². The van der Waals surface area contributed by atoms with E-state index in [2.05, 4.69) is 14.6 Å². The van der Waals surface area contributed by atoms with Gasteiger partial charge in [0.2, 0.25) is 5.91 Å². The summed E-state index contributed by atoms with van der Waals surface area (Å²) in [5, 5.41) is 0. The fourth-order valence-electron chi connectivity index (χ4n) is 2.86. The molecular formula is C18H22N4O4S. The number of hydrogen-bond acceptors (Lipinski definition) is 6. The van der Waals surface area contributed by atoms with Crippen molar-refractivity contribution in [1.82, 2.24) is 9.88 Å². The minimum atomic E-state index is -3.72. The van der Waals surface area contributed by atoms with E-state index in [1.165, 1.54) is 19.2 Å². The van der Waals surface area contributed by atoms with E-state index in [9.17, 15) is 13.2 Å².